The van der Waals surface area contributed by atoms with E-state index in [2.05, 4.69) is 49.6 Å². The SMILES string of the molecule is CCCCCCCCc1cnc(-c2ccc(OCCCCCCCC[Si](C)(C)C[Si](C)(C)C)c(F)c2F)nc1. The first kappa shape index (κ1) is 33.6. The Hall–Kier alpha value is -1.61. The molecule has 0 saturated heterocycles. The third-order valence-electron chi connectivity index (χ3n) is 7.33. The number of aryl methyl sites for hydroxylation is 1. The topological polar surface area (TPSA) is 35.0 Å². The van der Waals surface area contributed by atoms with Crippen LogP contribution in [0.4, 0.5) is 8.78 Å². The Bertz CT molecular complexity index is 962. The molecule has 39 heavy (non-hydrogen) atoms. The minimum absolute atomic E-state index is 0.0365. The summed E-state index contributed by atoms with van der Waals surface area (Å²) in [6.45, 7) is 15.2. The summed E-state index contributed by atoms with van der Waals surface area (Å²) >= 11 is 0. The lowest BCUT2D eigenvalue weighted by Gasteiger charge is -2.29. The minimum Gasteiger partial charge on any atom is -0.490 e. The largest absolute Gasteiger partial charge is 0.490 e. The molecule has 3 nitrogen and oxygen atoms in total. The molecule has 0 aliphatic rings. The number of aromatic nitrogens is 2. The van der Waals surface area contributed by atoms with Crippen LogP contribution in [0.15, 0.2) is 24.5 Å². The molecule has 0 unspecified atom stereocenters. The maximum Gasteiger partial charge on any atom is 0.201 e. The van der Waals surface area contributed by atoms with Gasteiger partial charge in [0.2, 0.25) is 5.82 Å². The number of hydrogen-bond acceptors (Lipinski definition) is 3. The highest BCUT2D eigenvalue weighted by Crippen LogP contribution is 2.29. The molecule has 0 aliphatic carbocycles. The van der Waals surface area contributed by atoms with Gasteiger partial charge in [-0.15, -0.1) is 0 Å². The molecule has 0 atom stereocenters. The Kier molecular flexibility index (Phi) is 14.9. The Morgan fingerprint density at radius 1 is 0.718 bits per heavy atom. The molecule has 1 aromatic heterocycles. The number of rotatable bonds is 20. The van der Waals surface area contributed by atoms with Crippen molar-refractivity contribution in [1.29, 1.82) is 0 Å². The molecule has 0 radical (unpaired) electrons. The maximum atomic E-state index is 14.8. The van der Waals surface area contributed by atoms with Crippen molar-refractivity contribution in [1.82, 2.24) is 9.97 Å². The van der Waals surface area contributed by atoms with Crippen molar-refractivity contribution in [3.63, 3.8) is 0 Å². The number of hydrogen-bond donors (Lipinski definition) is 0. The van der Waals surface area contributed by atoms with Crippen molar-refractivity contribution >= 4 is 16.1 Å². The number of halogens is 2. The Morgan fingerprint density at radius 2 is 1.31 bits per heavy atom. The molecule has 2 rings (SSSR count). The van der Waals surface area contributed by atoms with Gasteiger partial charge in [0, 0.05) is 28.5 Å². The van der Waals surface area contributed by atoms with Crippen molar-refractivity contribution in [2.24, 2.45) is 0 Å². The minimum atomic E-state index is -1.04. The summed E-state index contributed by atoms with van der Waals surface area (Å²) < 4.78 is 35.1. The van der Waals surface area contributed by atoms with Crippen LogP contribution in [0.1, 0.15) is 89.5 Å². The van der Waals surface area contributed by atoms with Gasteiger partial charge >= 0.3 is 0 Å². The molecule has 1 heterocycles. The van der Waals surface area contributed by atoms with Crippen LogP contribution in [0.2, 0.25) is 44.4 Å². The zero-order chi connectivity index (χ0) is 28.7. The summed E-state index contributed by atoms with van der Waals surface area (Å²) in [5.74, 6) is -1.74. The molecule has 0 aliphatic heterocycles. The van der Waals surface area contributed by atoms with E-state index >= 15 is 0 Å². The highest BCUT2D eigenvalue weighted by atomic mass is 28.4. The summed E-state index contributed by atoms with van der Waals surface area (Å²) in [4.78, 5) is 8.60. The fraction of sp³-hybridized carbons (Fsp3) is 0.688. The van der Waals surface area contributed by atoms with E-state index in [4.69, 9.17) is 4.74 Å². The van der Waals surface area contributed by atoms with Crippen molar-refractivity contribution < 1.29 is 13.5 Å². The second-order valence-electron chi connectivity index (χ2n) is 13.3. The summed E-state index contributed by atoms with van der Waals surface area (Å²) in [7, 11) is -2.00. The van der Waals surface area contributed by atoms with Gasteiger partial charge < -0.3 is 4.74 Å². The van der Waals surface area contributed by atoms with Gasteiger partial charge in [-0.25, -0.2) is 14.4 Å². The summed E-state index contributed by atoms with van der Waals surface area (Å²) in [5.41, 5.74) is 2.62. The van der Waals surface area contributed by atoms with Crippen molar-refractivity contribution in [2.45, 2.75) is 135 Å². The maximum absolute atomic E-state index is 14.8. The number of benzene rings is 1. The van der Waals surface area contributed by atoms with E-state index in [0.717, 1.165) is 31.2 Å². The van der Waals surface area contributed by atoms with E-state index in [1.807, 2.05) is 0 Å². The van der Waals surface area contributed by atoms with Crippen LogP contribution in [-0.4, -0.2) is 32.7 Å². The van der Waals surface area contributed by atoms with E-state index in [1.54, 1.807) is 12.4 Å². The van der Waals surface area contributed by atoms with E-state index in [-0.39, 0.29) is 17.1 Å². The zero-order valence-corrected chi connectivity index (χ0v) is 27.7. The van der Waals surface area contributed by atoms with E-state index in [0.29, 0.717) is 6.61 Å². The predicted octanol–water partition coefficient (Wildman–Crippen LogP) is 10.6. The molecule has 0 amide bonds. The summed E-state index contributed by atoms with van der Waals surface area (Å²) in [5, 5.41) is 0. The molecule has 0 bridgehead atoms. The number of unbranched alkanes of at least 4 members (excludes halogenated alkanes) is 10. The molecular weight excluding hydrogens is 523 g/mol. The van der Waals surface area contributed by atoms with Gasteiger partial charge in [-0.2, -0.15) is 4.39 Å². The van der Waals surface area contributed by atoms with Crippen molar-refractivity contribution in [3.8, 4) is 17.1 Å². The molecule has 0 saturated carbocycles. The third kappa shape index (κ3) is 13.5. The molecule has 2 aromatic rings. The molecule has 0 fully saturated rings. The number of ether oxygens (including phenoxy) is 1. The molecule has 1 aromatic carbocycles. The Balaban J connectivity index is 1.68. The highest BCUT2D eigenvalue weighted by Gasteiger charge is 2.27. The van der Waals surface area contributed by atoms with Gasteiger partial charge in [-0.05, 0) is 37.0 Å². The molecule has 0 N–H and O–H groups in total. The van der Waals surface area contributed by atoms with Gasteiger partial charge in [0.25, 0.3) is 0 Å². The average Bonchev–Trinajstić information content (AvgIpc) is 2.86. The quantitative estimate of drug-likeness (QED) is 0.116. The zero-order valence-electron chi connectivity index (χ0n) is 25.7. The van der Waals surface area contributed by atoms with Gasteiger partial charge in [0.1, 0.15) is 0 Å². The van der Waals surface area contributed by atoms with Crippen molar-refractivity contribution in [3.05, 3.63) is 41.7 Å². The molecule has 220 valence electrons. The monoisotopic (exact) mass is 576 g/mol. The lowest BCUT2D eigenvalue weighted by molar-refractivity contribution is 0.285. The first-order chi connectivity index (χ1) is 18.5. The standard InChI is InChI=1S/C32H54F2N2OSi2/c1-7-8-9-10-13-16-19-27-24-35-32(36-25-27)28-20-21-29(31(34)30(28)33)37-22-17-14-11-12-15-18-23-39(5,6)26-38(2,3)4/h20-21,24-25H,7-19,22-23,26H2,1-6H3. The van der Waals surface area contributed by atoms with Gasteiger partial charge in [-0.3, -0.25) is 0 Å². The fourth-order valence-electron chi connectivity index (χ4n) is 5.67. The lowest BCUT2D eigenvalue weighted by Crippen LogP contribution is -2.37. The average molecular weight is 577 g/mol. The second kappa shape index (κ2) is 17.3. The van der Waals surface area contributed by atoms with Gasteiger partial charge in [0.05, 0.1) is 12.2 Å². The number of nitrogens with zero attached hydrogens (tertiary/aromatic N) is 2. The van der Waals surface area contributed by atoms with E-state index in [1.165, 1.54) is 81.6 Å². The third-order valence-corrected chi connectivity index (χ3v) is 17.1. The van der Waals surface area contributed by atoms with Crippen LogP contribution in [0.5, 0.6) is 5.75 Å². The van der Waals surface area contributed by atoms with Crippen LogP contribution in [0, 0.1) is 11.6 Å². The molecular formula is C32H54F2N2OSi2. The summed E-state index contributed by atoms with van der Waals surface area (Å²) in [6.07, 6.45) is 18.7. The summed E-state index contributed by atoms with van der Waals surface area (Å²) in [6, 6.07) is 4.45. The Morgan fingerprint density at radius 3 is 1.95 bits per heavy atom. The smallest absolute Gasteiger partial charge is 0.201 e. The lowest BCUT2D eigenvalue weighted by atomic mass is 10.1. The fourth-order valence-corrected chi connectivity index (χ4v) is 19.1. The Labute approximate surface area is 239 Å². The van der Waals surface area contributed by atoms with E-state index < -0.39 is 27.8 Å². The second-order valence-corrected chi connectivity index (χ2v) is 24.7. The van der Waals surface area contributed by atoms with E-state index in [9.17, 15) is 8.78 Å². The van der Waals surface area contributed by atoms with Crippen LogP contribution in [0.25, 0.3) is 11.4 Å². The van der Waals surface area contributed by atoms with Gasteiger partial charge in [-0.1, -0.05) is 116 Å². The van der Waals surface area contributed by atoms with Crippen molar-refractivity contribution in [2.75, 3.05) is 6.61 Å². The first-order valence-electron chi connectivity index (χ1n) is 15.4. The predicted molar refractivity (Wildman–Crippen MR) is 168 cm³/mol. The normalized spacial score (nSPS) is 12.2. The van der Waals surface area contributed by atoms with Crippen LogP contribution < -0.4 is 4.74 Å². The molecule has 7 heteroatoms. The van der Waals surface area contributed by atoms with Crippen LogP contribution >= 0.6 is 0 Å². The van der Waals surface area contributed by atoms with Gasteiger partial charge in [0.15, 0.2) is 17.4 Å². The molecule has 0 spiro atoms. The first-order valence-corrected chi connectivity index (χ1v) is 22.6. The highest BCUT2D eigenvalue weighted by molar-refractivity contribution is 6.94. The van der Waals surface area contributed by atoms with Crippen LogP contribution in [0.3, 0.4) is 0 Å². The van der Waals surface area contributed by atoms with Crippen LogP contribution in [-0.2, 0) is 6.42 Å².